The minimum absolute atomic E-state index is 0.0257. The number of nitrogens with zero attached hydrogens (tertiary/aromatic N) is 2. The van der Waals surface area contributed by atoms with Crippen LogP contribution in [0, 0.1) is 0 Å². The Morgan fingerprint density at radius 3 is 2.43 bits per heavy atom. The molecular formula is C28H25ClN2O5S. The molecule has 190 valence electrons. The van der Waals surface area contributed by atoms with Gasteiger partial charge in [-0.05, 0) is 67.1 Å². The van der Waals surface area contributed by atoms with Crippen LogP contribution in [0.1, 0.15) is 28.5 Å². The zero-order valence-electron chi connectivity index (χ0n) is 20.1. The molecule has 0 spiro atoms. The fourth-order valence-corrected chi connectivity index (χ4v) is 5.25. The monoisotopic (exact) mass is 536 g/mol. The maximum atomic E-state index is 14.0. The molecular weight excluding hydrogens is 512 g/mol. The van der Waals surface area contributed by atoms with Gasteiger partial charge in [-0.3, -0.25) is 9.29 Å². The van der Waals surface area contributed by atoms with Gasteiger partial charge in [-0.15, -0.1) is 0 Å². The molecule has 0 atom stereocenters. The van der Waals surface area contributed by atoms with Gasteiger partial charge in [-0.25, -0.2) is 13.2 Å². The molecule has 4 aromatic rings. The van der Waals surface area contributed by atoms with Gasteiger partial charge in [0.05, 0.1) is 35.0 Å². The van der Waals surface area contributed by atoms with Crippen molar-refractivity contribution in [2.75, 3.05) is 10.9 Å². The Balaban J connectivity index is 1.68. The highest BCUT2D eigenvalue weighted by molar-refractivity contribution is 7.92. The van der Waals surface area contributed by atoms with Crippen molar-refractivity contribution < 1.29 is 22.7 Å². The summed E-state index contributed by atoms with van der Waals surface area (Å²) in [5.74, 6) is -0.227. The molecule has 7 nitrogen and oxygen atoms in total. The first-order valence-electron chi connectivity index (χ1n) is 11.5. The van der Waals surface area contributed by atoms with Crippen LogP contribution in [-0.2, 0) is 27.9 Å². The summed E-state index contributed by atoms with van der Waals surface area (Å²) in [7, 11) is -4.13. The molecule has 0 N–H and O–H groups in total. The van der Waals surface area contributed by atoms with Gasteiger partial charge in [0.2, 0.25) is 0 Å². The lowest BCUT2D eigenvalue weighted by atomic mass is 10.2. The molecule has 4 rings (SSSR count). The van der Waals surface area contributed by atoms with E-state index in [1.165, 1.54) is 28.6 Å². The van der Waals surface area contributed by atoms with E-state index in [0.29, 0.717) is 28.8 Å². The Kier molecular flexibility index (Phi) is 8.43. The maximum absolute atomic E-state index is 14.0. The number of benzene rings is 3. The van der Waals surface area contributed by atoms with E-state index in [2.05, 4.69) is 4.98 Å². The molecule has 1 heterocycles. The topological polar surface area (TPSA) is 85.8 Å². The third-order valence-corrected chi connectivity index (χ3v) is 7.42. The Bertz CT molecular complexity index is 1460. The second-order valence-corrected chi connectivity index (χ2v) is 10.3. The number of hydrogen-bond donors (Lipinski definition) is 0. The van der Waals surface area contributed by atoms with Crippen molar-refractivity contribution in [1.29, 1.82) is 0 Å². The Morgan fingerprint density at radius 1 is 0.946 bits per heavy atom. The van der Waals surface area contributed by atoms with Crippen molar-refractivity contribution in [1.82, 2.24) is 4.98 Å². The lowest BCUT2D eigenvalue weighted by Gasteiger charge is -2.26. The number of anilines is 1. The number of aromatic nitrogens is 1. The summed E-state index contributed by atoms with van der Waals surface area (Å²) in [6.45, 7) is 2.19. The van der Waals surface area contributed by atoms with Crippen LogP contribution >= 0.6 is 11.6 Å². The summed E-state index contributed by atoms with van der Waals surface area (Å²) in [6.07, 6.45) is 1.60. The lowest BCUT2D eigenvalue weighted by molar-refractivity contribution is 0.0467. The number of esters is 1. The van der Waals surface area contributed by atoms with E-state index >= 15 is 0 Å². The molecule has 3 aromatic carbocycles. The second kappa shape index (κ2) is 11.9. The molecule has 1 aromatic heterocycles. The molecule has 0 fully saturated rings. The highest BCUT2D eigenvalue weighted by Crippen LogP contribution is 2.34. The van der Waals surface area contributed by atoms with Gasteiger partial charge in [0, 0.05) is 11.2 Å². The smallest absolute Gasteiger partial charge is 0.338 e. The van der Waals surface area contributed by atoms with Crippen LogP contribution in [0.5, 0.6) is 5.75 Å². The van der Waals surface area contributed by atoms with E-state index in [0.717, 1.165) is 5.56 Å². The number of halogens is 1. The largest absolute Gasteiger partial charge is 0.492 e. The lowest BCUT2D eigenvalue weighted by Crippen LogP contribution is -2.31. The van der Waals surface area contributed by atoms with E-state index in [1.807, 2.05) is 6.92 Å². The number of carbonyl (C=O) groups excluding carboxylic acids is 1. The number of pyridine rings is 1. The number of para-hydroxylation sites is 2. The number of sulfonamides is 1. The van der Waals surface area contributed by atoms with Crippen LogP contribution in [0.15, 0.2) is 102 Å². The molecule has 0 unspecified atom stereocenters. The van der Waals surface area contributed by atoms with Crippen molar-refractivity contribution in [3.8, 4) is 5.75 Å². The maximum Gasteiger partial charge on any atom is 0.338 e. The van der Waals surface area contributed by atoms with Crippen LogP contribution in [0.4, 0.5) is 5.69 Å². The normalized spacial score (nSPS) is 11.1. The first-order valence-corrected chi connectivity index (χ1v) is 13.4. The molecule has 0 amide bonds. The standard InChI is InChI=1S/C28H25ClN2O5S/c1-2-35-27-12-4-3-11-26(27)31(19-21-13-15-23(29)16-14-21)37(33,34)25-10-7-8-22(18-25)28(32)36-20-24-9-5-6-17-30-24/h3-18H,2,19-20H2,1H3. The molecule has 9 heteroatoms. The van der Waals surface area contributed by atoms with Gasteiger partial charge < -0.3 is 9.47 Å². The molecule has 0 aliphatic carbocycles. The average molecular weight is 537 g/mol. The highest BCUT2D eigenvalue weighted by Gasteiger charge is 2.28. The van der Waals surface area contributed by atoms with Crippen molar-refractivity contribution in [2.45, 2.75) is 25.0 Å². The minimum atomic E-state index is -4.13. The SMILES string of the molecule is CCOc1ccccc1N(Cc1ccc(Cl)cc1)S(=O)(=O)c1cccc(C(=O)OCc2ccccn2)c1. The van der Waals surface area contributed by atoms with Crippen molar-refractivity contribution >= 4 is 33.3 Å². The quantitative estimate of drug-likeness (QED) is 0.235. The van der Waals surface area contributed by atoms with E-state index in [9.17, 15) is 13.2 Å². The van der Waals surface area contributed by atoms with Crippen molar-refractivity contribution in [3.05, 3.63) is 119 Å². The predicted octanol–water partition coefficient (Wildman–Crippen LogP) is 5.89. The molecule has 0 bridgehead atoms. The van der Waals surface area contributed by atoms with Gasteiger partial charge in [0.15, 0.2) is 0 Å². The zero-order chi connectivity index (χ0) is 26.3. The number of carbonyl (C=O) groups is 1. The summed E-state index contributed by atoms with van der Waals surface area (Å²) >= 11 is 6.03. The van der Waals surface area contributed by atoms with Crippen LogP contribution in [-0.4, -0.2) is 26.0 Å². The van der Waals surface area contributed by atoms with Gasteiger partial charge in [0.25, 0.3) is 10.0 Å². The van der Waals surface area contributed by atoms with Crippen LogP contribution in [0.25, 0.3) is 0 Å². The van der Waals surface area contributed by atoms with Crippen molar-refractivity contribution in [2.24, 2.45) is 0 Å². The number of ether oxygens (including phenoxy) is 2. The average Bonchev–Trinajstić information content (AvgIpc) is 2.92. The Labute approximate surface area is 221 Å². The number of rotatable bonds is 10. The Morgan fingerprint density at radius 2 is 1.70 bits per heavy atom. The van der Waals surface area contributed by atoms with E-state index in [-0.39, 0.29) is 23.6 Å². The summed E-state index contributed by atoms with van der Waals surface area (Å²) in [6, 6.07) is 24.9. The molecule has 0 aliphatic heterocycles. The summed E-state index contributed by atoms with van der Waals surface area (Å²) in [5, 5.41) is 0.546. The first kappa shape index (κ1) is 26.2. The minimum Gasteiger partial charge on any atom is -0.492 e. The zero-order valence-corrected chi connectivity index (χ0v) is 21.7. The van der Waals surface area contributed by atoms with Gasteiger partial charge in [-0.1, -0.05) is 48.0 Å². The molecule has 37 heavy (non-hydrogen) atoms. The predicted molar refractivity (Wildman–Crippen MR) is 142 cm³/mol. The third-order valence-electron chi connectivity index (χ3n) is 5.41. The fourth-order valence-electron chi connectivity index (χ4n) is 3.61. The van der Waals surface area contributed by atoms with Gasteiger partial charge >= 0.3 is 5.97 Å². The third kappa shape index (κ3) is 6.47. The highest BCUT2D eigenvalue weighted by atomic mass is 35.5. The van der Waals surface area contributed by atoms with Crippen LogP contribution < -0.4 is 9.04 Å². The van der Waals surface area contributed by atoms with E-state index < -0.39 is 16.0 Å². The van der Waals surface area contributed by atoms with Gasteiger partial charge in [-0.2, -0.15) is 0 Å². The summed E-state index contributed by atoms with van der Waals surface area (Å²) in [4.78, 5) is 16.8. The molecule has 0 radical (unpaired) electrons. The number of hydrogen-bond acceptors (Lipinski definition) is 6. The van der Waals surface area contributed by atoms with Crippen LogP contribution in [0.3, 0.4) is 0 Å². The molecule has 0 aliphatic rings. The molecule has 0 saturated carbocycles. The molecule has 0 saturated heterocycles. The van der Waals surface area contributed by atoms with E-state index in [4.69, 9.17) is 21.1 Å². The van der Waals surface area contributed by atoms with Crippen LogP contribution in [0.2, 0.25) is 5.02 Å². The van der Waals surface area contributed by atoms with Gasteiger partial charge in [0.1, 0.15) is 12.4 Å². The summed E-state index contributed by atoms with van der Waals surface area (Å²) < 4.78 is 40.3. The first-order chi connectivity index (χ1) is 17.9. The summed E-state index contributed by atoms with van der Waals surface area (Å²) in [5.41, 5.74) is 1.80. The fraction of sp³-hybridized carbons (Fsp3) is 0.143. The van der Waals surface area contributed by atoms with E-state index in [1.54, 1.807) is 72.9 Å². The van der Waals surface area contributed by atoms with Crippen molar-refractivity contribution in [3.63, 3.8) is 0 Å². The second-order valence-electron chi connectivity index (χ2n) is 7.96. The Hall–Kier alpha value is -3.88.